The molecule has 0 spiro atoms. The second-order valence-corrected chi connectivity index (χ2v) is 4.51. The van der Waals surface area contributed by atoms with Gasteiger partial charge in [-0.1, -0.05) is 30.0 Å². The van der Waals surface area contributed by atoms with Gasteiger partial charge in [-0.2, -0.15) is 0 Å². The van der Waals surface area contributed by atoms with Gasteiger partial charge < -0.3 is 4.90 Å². The molecule has 1 aromatic rings. The van der Waals surface area contributed by atoms with Gasteiger partial charge in [0.05, 0.1) is 5.69 Å². The van der Waals surface area contributed by atoms with E-state index >= 15 is 0 Å². The first-order chi connectivity index (χ1) is 7.06. The topological polar surface area (TPSA) is 15.6 Å². The lowest BCUT2D eigenvalue weighted by Crippen LogP contribution is -2.17. The van der Waals surface area contributed by atoms with Crippen LogP contribution in [0.5, 0.6) is 0 Å². The van der Waals surface area contributed by atoms with Crippen LogP contribution < -0.4 is 0 Å². The molecule has 0 aliphatic heterocycles. The van der Waals surface area contributed by atoms with E-state index in [4.69, 9.17) is 0 Å². The number of benzene rings is 1. The zero-order valence-corrected chi connectivity index (χ0v) is 10.9. The van der Waals surface area contributed by atoms with Crippen LogP contribution in [0.1, 0.15) is 11.1 Å². The normalized spacial score (nSPS) is 11.7. The minimum atomic E-state index is 1.03. The van der Waals surface area contributed by atoms with E-state index < -0.39 is 0 Å². The molecular formula is C12H18N2S. The van der Waals surface area contributed by atoms with Crippen LogP contribution in [-0.2, 0) is 0 Å². The Kier molecular flexibility index (Phi) is 4.21. The molecule has 82 valence electrons. The van der Waals surface area contributed by atoms with E-state index in [0.29, 0.717) is 0 Å². The third-order valence-corrected chi connectivity index (χ3v) is 3.03. The van der Waals surface area contributed by atoms with Crippen molar-refractivity contribution in [2.24, 2.45) is 4.99 Å². The van der Waals surface area contributed by atoms with Crippen molar-refractivity contribution in [3.05, 3.63) is 29.3 Å². The molecule has 0 amide bonds. The highest BCUT2D eigenvalue weighted by molar-refractivity contribution is 8.13. The van der Waals surface area contributed by atoms with Crippen molar-refractivity contribution in [2.45, 2.75) is 13.8 Å². The number of rotatable bonds is 1. The van der Waals surface area contributed by atoms with Crippen LogP contribution in [0.4, 0.5) is 5.69 Å². The van der Waals surface area contributed by atoms with E-state index in [1.54, 1.807) is 11.8 Å². The Labute approximate surface area is 96.4 Å². The minimum absolute atomic E-state index is 1.03. The number of aliphatic imine (C=N–C) groups is 1. The van der Waals surface area contributed by atoms with E-state index in [1.807, 2.05) is 25.3 Å². The average Bonchev–Trinajstić information content (AvgIpc) is 2.17. The zero-order chi connectivity index (χ0) is 11.4. The fourth-order valence-corrected chi connectivity index (χ4v) is 1.95. The predicted molar refractivity (Wildman–Crippen MR) is 70.2 cm³/mol. The highest BCUT2D eigenvalue weighted by atomic mass is 32.2. The molecule has 0 radical (unpaired) electrons. The average molecular weight is 222 g/mol. The molecule has 0 atom stereocenters. The van der Waals surface area contributed by atoms with E-state index in [9.17, 15) is 0 Å². The van der Waals surface area contributed by atoms with Gasteiger partial charge in [0.15, 0.2) is 5.17 Å². The van der Waals surface area contributed by atoms with Gasteiger partial charge in [0.1, 0.15) is 0 Å². The van der Waals surface area contributed by atoms with Gasteiger partial charge in [0, 0.05) is 14.1 Å². The van der Waals surface area contributed by atoms with Gasteiger partial charge in [0.2, 0.25) is 0 Å². The standard InChI is InChI=1S/C12H18N2S/c1-9-7-6-8-10(2)11(9)13-12(15-5)14(3)4/h6-8H,1-5H3. The van der Waals surface area contributed by atoms with E-state index in [0.717, 1.165) is 10.9 Å². The molecule has 15 heavy (non-hydrogen) atoms. The molecule has 0 unspecified atom stereocenters. The Morgan fingerprint density at radius 2 is 1.73 bits per heavy atom. The maximum Gasteiger partial charge on any atom is 0.163 e. The summed E-state index contributed by atoms with van der Waals surface area (Å²) in [5.74, 6) is 0. The highest BCUT2D eigenvalue weighted by Gasteiger charge is 2.04. The molecule has 0 N–H and O–H groups in total. The van der Waals surface area contributed by atoms with Gasteiger partial charge in [0.25, 0.3) is 0 Å². The quantitative estimate of drug-likeness (QED) is 0.535. The Morgan fingerprint density at radius 1 is 1.20 bits per heavy atom. The SMILES string of the molecule is CSC(=Nc1c(C)cccc1C)N(C)C. The molecule has 0 aromatic heterocycles. The van der Waals surface area contributed by atoms with Gasteiger partial charge in [-0.05, 0) is 31.2 Å². The lowest BCUT2D eigenvalue weighted by Gasteiger charge is -2.14. The van der Waals surface area contributed by atoms with Crippen LogP contribution in [0.3, 0.4) is 0 Å². The third-order valence-electron chi connectivity index (χ3n) is 2.21. The molecule has 1 rings (SSSR count). The summed E-state index contributed by atoms with van der Waals surface area (Å²) in [6.07, 6.45) is 2.05. The van der Waals surface area contributed by atoms with Crippen LogP contribution in [0.25, 0.3) is 0 Å². The van der Waals surface area contributed by atoms with Crippen molar-refractivity contribution < 1.29 is 0 Å². The largest absolute Gasteiger partial charge is 0.357 e. The summed E-state index contributed by atoms with van der Waals surface area (Å²) in [6, 6.07) is 6.26. The zero-order valence-electron chi connectivity index (χ0n) is 10.0. The second-order valence-electron chi connectivity index (χ2n) is 3.73. The molecule has 0 fully saturated rings. The number of para-hydroxylation sites is 1. The summed E-state index contributed by atoms with van der Waals surface area (Å²) in [5.41, 5.74) is 3.54. The maximum atomic E-state index is 4.68. The van der Waals surface area contributed by atoms with Crippen LogP contribution >= 0.6 is 11.8 Å². The first-order valence-electron chi connectivity index (χ1n) is 4.92. The van der Waals surface area contributed by atoms with Crippen LogP contribution in [0.2, 0.25) is 0 Å². The second kappa shape index (κ2) is 5.21. The van der Waals surface area contributed by atoms with Crippen molar-refractivity contribution in [1.82, 2.24) is 4.90 Å². The lowest BCUT2D eigenvalue weighted by molar-refractivity contribution is 0.636. The van der Waals surface area contributed by atoms with Gasteiger partial charge in [-0.25, -0.2) is 4.99 Å². The number of aryl methyl sites for hydroxylation is 2. The molecule has 0 aliphatic carbocycles. The summed E-state index contributed by atoms with van der Waals surface area (Å²) < 4.78 is 0. The summed E-state index contributed by atoms with van der Waals surface area (Å²) >= 11 is 1.67. The van der Waals surface area contributed by atoms with E-state index in [-0.39, 0.29) is 0 Å². The van der Waals surface area contributed by atoms with Crippen molar-refractivity contribution in [2.75, 3.05) is 20.4 Å². The van der Waals surface area contributed by atoms with Crippen molar-refractivity contribution in [3.63, 3.8) is 0 Å². The molecule has 0 heterocycles. The first-order valence-corrected chi connectivity index (χ1v) is 6.15. The number of hydrogen-bond acceptors (Lipinski definition) is 2. The number of thioether (sulfide) groups is 1. The maximum absolute atomic E-state index is 4.68. The number of amidine groups is 1. The lowest BCUT2D eigenvalue weighted by atomic mass is 10.1. The Balaban J connectivity index is 3.16. The van der Waals surface area contributed by atoms with Crippen molar-refractivity contribution in [1.29, 1.82) is 0 Å². The predicted octanol–water partition coefficient (Wildman–Crippen LogP) is 3.22. The molecule has 3 heteroatoms. The summed E-state index contributed by atoms with van der Waals surface area (Å²) in [7, 11) is 4.03. The molecule has 1 aromatic carbocycles. The molecule has 0 saturated carbocycles. The van der Waals surface area contributed by atoms with Gasteiger partial charge >= 0.3 is 0 Å². The summed E-state index contributed by atoms with van der Waals surface area (Å²) in [6.45, 7) is 4.19. The molecule has 0 aliphatic rings. The van der Waals surface area contributed by atoms with Gasteiger partial charge in [-0.15, -0.1) is 0 Å². The van der Waals surface area contributed by atoms with Crippen LogP contribution in [-0.4, -0.2) is 30.4 Å². The molecule has 2 nitrogen and oxygen atoms in total. The summed E-state index contributed by atoms with van der Waals surface area (Å²) in [5, 5.41) is 1.03. The first kappa shape index (κ1) is 12.1. The van der Waals surface area contributed by atoms with E-state index in [2.05, 4.69) is 37.0 Å². The fraction of sp³-hybridized carbons (Fsp3) is 0.417. The van der Waals surface area contributed by atoms with Crippen LogP contribution in [0, 0.1) is 13.8 Å². The van der Waals surface area contributed by atoms with Gasteiger partial charge in [-0.3, -0.25) is 0 Å². The summed E-state index contributed by atoms with van der Waals surface area (Å²) in [4.78, 5) is 6.72. The van der Waals surface area contributed by atoms with E-state index in [1.165, 1.54) is 11.1 Å². The minimum Gasteiger partial charge on any atom is -0.357 e. The van der Waals surface area contributed by atoms with Crippen molar-refractivity contribution in [3.8, 4) is 0 Å². The fourth-order valence-electron chi connectivity index (χ4n) is 1.41. The smallest absolute Gasteiger partial charge is 0.163 e. The highest BCUT2D eigenvalue weighted by Crippen LogP contribution is 2.24. The molecule has 0 bridgehead atoms. The molecular weight excluding hydrogens is 204 g/mol. The van der Waals surface area contributed by atoms with Crippen molar-refractivity contribution >= 4 is 22.6 Å². The monoisotopic (exact) mass is 222 g/mol. The third kappa shape index (κ3) is 2.99. The Hall–Kier alpha value is -0.960. The molecule has 0 saturated heterocycles. The van der Waals surface area contributed by atoms with Crippen LogP contribution in [0.15, 0.2) is 23.2 Å². The number of hydrogen-bond donors (Lipinski definition) is 0. The Morgan fingerprint density at radius 3 is 2.13 bits per heavy atom. The Bertz CT molecular complexity index is 350. The number of nitrogens with zero attached hydrogens (tertiary/aromatic N) is 2.